The van der Waals surface area contributed by atoms with E-state index in [2.05, 4.69) is 17.3 Å². The molecule has 1 N–H and O–H groups in total. The Morgan fingerprint density at radius 3 is 3.12 bits per heavy atom. The molecule has 17 heavy (non-hydrogen) atoms. The minimum absolute atomic E-state index is 0.0220. The first-order chi connectivity index (χ1) is 8.20. The van der Waals surface area contributed by atoms with Crippen molar-refractivity contribution < 1.29 is 4.79 Å². The van der Waals surface area contributed by atoms with E-state index in [1.165, 1.54) is 0 Å². The second-order valence-corrected chi connectivity index (χ2v) is 5.48. The summed E-state index contributed by atoms with van der Waals surface area (Å²) >= 11 is 1.85. The number of aryl methyl sites for hydroxylation is 2. The Labute approximate surface area is 106 Å². The number of ketones is 1. The van der Waals surface area contributed by atoms with Crippen molar-refractivity contribution >= 4 is 17.5 Å². The monoisotopic (exact) mass is 253 g/mol. The van der Waals surface area contributed by atoms with Gasteiger partial charge in [0.05, 0.1) is 18.2 Å². The molecule has 0 saturated carbocycles. The van der Waals surface area contributed by atoms with Crippen LogP contribution in [0.4, 0.5) is 0 Å². The second kappa shape index (κ2) is 5.69. The van der Waals surface area contributed by atoms with E-state index < -0.39 is 0 Å². The molecule has 1 aromatic rings. The molecule has 4 nitrogen and oxygen atoms in total. The maximum Gasteiger partial charge on any atom is 0.156 e. The third kappa shape index (κ3) is 3.10. The van der Waals surface area contributed by atoms with Crippen LogP contribution in [0.1, 0.15) is 18.3 Å². The highest BCUT2D eigenvalue weighted by molar-refractivity contribution is 7.99. The van der Waals surface area contributed by atoms with E-state index in [9.17, 15) is 4.79 Å². The lowest BCUT2D eigenvalue weighted by Gasteiger charge is -2.21. The summed E-state index contributed by atoms with van der Waals surface area (Å²) in [5, 5.41) is 7.65. The zero-order valence-corrected chi connectivity index (χ0v) is 11.2. The summed E-state index contributed by atoms with van der Waals surface area (Å²) in [7, 11) is 1.91. The Morgan fingerprint density at radius 1 is 1.71 bits per heavy atom. The first-order valence-electron chi connectivity index (χ1n) is 6.06. The number of carbonyl (C=O) groups excluding carboxylic acids is 1. The number of nitrogens with zero attached hydrogens (tertiary/aromatic N) is 2. The smallest absolute Gasteiger partial charge is 0.156 e. The molecule has 0 amide bonds. The van der Waals surface area contributed by atoms with Crippen molar-refractivity contribution in [3.8, 4) is 0 Å². The molecular weight excluding hydrogens is 234 g/mol. The van der Waals surface area contributed by atoms with Crippen molar-refractivity contribution in [3.63, 3.8) is 0 Å². The molecule has 2 heterocycles. The second-order valence-electron chi connectivity index (χ2n) is 4.33. The number of rotatable bonds is 4. The van der Waals surface area contributed by atoms with Gasteiger partial charge >= 0.3 is 0 Å². The third-order valence-corrected chi connectivity index (χ3v) is 4.12. The number of hydrogen-bond acceptors (Lipinski definition) is 4. The average Bonchev–Trinajstić information content (AvgIpc) is 2.71. The lowest BCUT2D eigenvalue weighted by Crippen LogP contribution is -2.44. The van der Waals surface area contributed by atoms with Gasteiger partial charge in [-0.05, 0) is 12.5 Å². The van der Waals surface area contributed by atoms with Crippen LogP contribution in [0.5, 0.6) is 0 Å². The van der Waals surface area contributed by atoms with Crippen molar-refractivity contribution in [2.45, 2.75) is 25.8 Å². The molecular formula is C12H19N3OS. The Balaban J connectivity index is 1.99. The van der Waals surface area contributed by atoms with Gasteiger partial charge in [0.15, 0.2) is 5.78 Å². The van der Waals surface area contributed by atoms with Gasteiger partial charge < -0.3 is 5.32 Å². The Hall–Kier alpha value is -0.810. The summed E-state index contributed by atoms with van der Waals surface area (Å²) < 4.78 is 1.83. The molecule has 1 aliphatic heterocycles. The van der Waals surface area contributed by atoms with Crippen LogP contribution < -0.4 is 5.32 Å². The SMILES string of the molecule is CCc1cc(CC(=O)C2CSCCN2)n(C)n1. The van der Waals surface area contributed by atoms with Crippen LogP contribution in [0.3, 0.4) is 0 Å². The quantitative estimate of drug-likeness (QED) is 0.862. The molecule has 1 atom stereocenters. The van der Waals surface area contributed by atoms with Crippen LogP contribution in [0, 0.1) is 0 Å². The van der Waals surface area contributed by atoms with Gasteiger partial charge in [-0.2, -0.15) is 16.9 Å². The zero-order valence-electron chi connectivity index (χ0n) is 10.4. The van der Waals surface area contributed by atoms with Crippen molar-refractivity contribution in [2.24, 2.45) is 7.05 Å². The molecule has 5 heteroatoms. The number of Topliss-reactive ketones (excluding diaryl/α,β-unsaturated/α-hetero) is 1. The lowest BCUT2D eigenvalue weighted by molar-refractivity contribution is -0.120. The van der Waals surface area contributed by atoms with Crippen LogP contribution in [0.25, 0.3) is 0 Å². The summed E-state index contributed by atoms with van der Waals surface area (Å²) in [6.07, 6.45) is 1.40. The van der Waals surface area contributed by atoms with Gasteiger partial charge in [-0.25, -0.2) is 0 Å². The topological polar surface area (TPSA) is 46.9 Å². The van der Waals surface area contributed by atoms with Crippen molar-refractivity contribution in [1.29, 1.82) is 0 Å². The number of carbonyl (C=O) groups is 1. The Bertz CT molecular complexity index is 396. The summed E-state index contributed by atoms with van der Waals surface area (Å²) in [5.74, 6) is 2.29. The van der Waals surface area contributed by atoms with Gasteiger partial charge in [-0.15, -0.1) is 0 Å². The number of thioether (sulfide) groups is 1. The van der Waals surface area contributed by atoms with Gasteiger partial charge in [0.1, 0.15) is 0 Å². The molecule has 1 aliphatic rings. The van der Waals surface area contributed by atoms with Gasteiger partial charge in [0, 0.05) is 30.8 Å². The summed E-state index contributed by atoms with van der Waals surface area (Å²) in [6, 6.07) is 2.06. The van der Waals surface area contributed by atoms with Crippen LogP contribution >= 0.6 is 11.8 Å². The van der Waals surface area contributed by atoms with Crippen LogP contribution in [-0.2, 0) is 24.7 Å². The maximum atomic E-state index is 12.1. The summed E-state index contributed by atoms with van der Waals surface area (Å²) in [6.45, 7) is 3.01. The Kier molecular flexibility index (Phi) is 4.23. The minimum Gasteiger partial charge on any atom is -0.306 e. The van der Waals surface area contributed by atoms with E-state index in [4.69, 9.17) is 0 Å². The number of hydrogen-bond donors (Lipinski definition) is 1. The zero-order chi connectivity index (χ0) is 12.3. The van der Waals surface area contributed by atoms with Crippen LogP contribution in [-0.4, -0.2) is 39.7 Å². The average molecular weight is 253 g/mol. The fraction of sp³-hybridized carbons (Fsp3) is 0.667. The number of aromatic nitrogens is 2. The Morgan fingerprint density at radius 2 is 2.53 bits per heavy atom. The van der Waals surface area contributed by atoms with E-state index in [-0.39, 0.29) is 11.8 Å². The standard InChI is InChI=1S/C12H19N3OS/c1-3-9-6-10(15(2)14-9)7-12(16)11-8-17-5-4-13-11/h6,11,13H,3-5,7-8H2,1-2H3. The van der Waals surface area contributed by atoms with Crippen molar-refractivity contribution in [2.75, 3.05) is 18.1 Å². The molecule has 0 radical (unpaired) electrons. The first-order valence-corrected chi connectivity index (χ1v) is 7.21. The van der Waals surface area contributed by atoms with E-state index in [1.807, 2.05) is 29.6 Å². The number of nitrogens with one attached hydrogen (secondary N) is 1. The van der Waals surface area contributed by atoms with Crippen LogP contribution in [0.15, 0.2) is 6.07 Å². The molecule has 0 aliphatic carbocycles. The van der Waals surface area contributed by atoms with E-state index in [0.29, 0.717) is 6.42 Å². The molecule has 2 rings (SSSR count). The highest BCUT2D eigenvalue weighted by atomic mass is 32.2. The highest BCUT2D eigenvalue weighted by Gasteiger charge is 2.22. The van der Waals surface area contributed by atoms with Gasteiger partial charge in [-0.1, -0.05) is 6.92 Å². The van der Waals surface area contributed by atoms with Gasteiger partial charge in [0.25, 0.3) is 0 Å². The minimum atomic E-state index is 0.0220. The molecule has 0 spiro atoms. The fourth-order valence-corrected chi connectivity index (χ4v) is 2.95. The normalized spacial score (nSPS) is 20.5. The molecule has 1 aromatic heterocycles. The van der Waals surface area contributed by atoms with E-state index in [0.717, 1.165) is 35.9 Å². The fourth-order valence-electron chi connectivity index (χ4n) is 1.98. The third-order valence-electron chi connectivity index (χ3n) is 3.06. The maximum absolute atomic E-state index is 12.1. The largest absolute Gasteiger partial charge is 0.306 e. The van der Waals surface area contributed by atoms with E-state index >= 15 is 0 Å². The molecule has 1 fully saturated rings. The summed E-state index contributed by atoms with van der Waals surface area (Å²) in [5.41, 5.74) is 2.07. The van der Waals surface area contributed by atoms with Gasteiger partial charge in [0.2, 0.25) is 0 Å². The molecule has 94 valence electrons. The molecule has 0 bridgehead atoms. The predicted molar refractivity (Wildman–Crippen MR) is 70.4 cm³/mol. The molecule has 0 aromatic carbocycles. The van der Waals surface area contributed by atoms with Crippen molar-refractivity contribution in [1.82, 2.24) is 15.1 Å². The molecule has 1 unspecified atom stereocenters. The first kappa shape index (κ1) is 12.6. The summed E-state index contributed by atoms with van der Waals surface area (Å²) in [4.78, 5) is 12.1. The predicted octanol–water partition coefficient (Wildman–Crippen LogP) is 0.799. The van der Waals surface area contributed by atoms with E-state index in [1.54, 1.807) is 0 Å². The van der Waals surface area contributed by atoms with Gasteiger partial charge in [-0.3, -0.25) is 9.48 Å². The lowest BCUT2D eigenvalue weighted by atomic mass is 10.1. The molecule has 1 saturated heterocycles. The van der Waals surface area contributed by atoms with Crippen molar-refractivity contribution in [3.05, 3.63) is 17.5 Å². The highest BCUT2D eigenvalue weighted by Crippen LogP contribution is 2.11. The van der Waals surface area contributed by atoms with Crippen LogP contribution in [0.2, 0.25) is 0 Å².